The third-order valence-corrected chi connectivity index (χ3v) is 3.47. The quantitative estimate of drug-likeness (QED) is 0.907. The summed E-state index contributed by atoms with van der Waals surface area (Å²) in [4.78, 5) is 0. The molecule has 3 rings (SSSR count). The van der Waals surface area contributed by atoms with E-state index in [1.54, 1.807) is 7.11 Å². The fourth-order valence-corrected chi connectivity index (χ4v) is 2.48. The Morgan fingerprint density at radius 2 is 2.05 bits per heavy atom. The van der Waals surface area contributed by atoms with Crippen molar-refractivity contribution in [2.75, 3.05) is 7.11 Å². The molecule has 0 radical (unpaired) electrons. The molecule has 20 heavy (non-hydrogen) atoms. The monoisotopic (exact) mass is 266 g/mol. The van der Waals surface area contributed by atoms with Crippen LogP contribution in [0.1, 0.15) is 11.7 Å². The summed E-state index contributed by atoms with van der Waals surface area (Å²) in [5.74, 6) is 1.47. The average molecular weight is 266 g/mol. The molecule has 2 unspecified atom stereocenters. The highest BCUT2D eigenvalue weighted by atomic mass is 16.5. The van der Waals surface area contributed by atoms with Gasteiger partial charge in [-0.25, -0.2) is 0 Å². The SMILES string of the molecule is COc1ccc2c(c1)C(C(N)C#N)Oc1ccccc1-2. The van der Waals surface area contributed by atoms with Crippen LogP contribution in [0.2, 0.25) is 0 Å². The number of rotatable bonds is 2. The van der Waals surface area contributed by atoms with Gasteiger partial charge in [0.1, 0.15) is 17.5 Å². The molecular formula is C16H14N2O2. The van der Waals surface area contributed by atoms with E-state index in [0.717, 1.165) is 28.2 Å². The van der Waals surface area contributed by atoms with E-state index in [-0.39, 0.29) is 0 Å². The minimum absolute atomic E-state index is 0.486. The van der Waals surface area contributed by atoms with E-state index in [9.17, 15) is 0 Å². The maximum absolute atomic E-state index is 9.10. The lowest BCUT2D eigenvalue weighted by molar-refractivity contribution is 0.189. The van der Waals surface area contributed by atoms with Crippen molar-refractivity contribution in [3.05, 3.63) is 48.0 Å². The van der Waals surface area contributed by atoms with Gasteiger partial charge in [-0.3, -0.25) is 0 Å². The zero-order valence-electron chi connectivity index (χ0n) is 11.0. The Morgan fingerprint density at radius 3 is 2.80 bits per heavy atom. The number of hydrogen-bond acceptors (Lipinski definition) is 4. The van der Waals surface area contributed by atoms with E-state index in [1.165, 1.54) is 0 Å². The lowest BCUT2D eigenvalue weighted by Crippen LogP contribution is -2.32. The van der Waals surface area contributed by atoms with Gasteiger partial charge in [0, 0.05) is 11.1 Å². The van der Waals surface area contributed by atoms with E-state index in [4.69, 9.17) is 20.5 Å². The molecule has 0 spiro atoms. The van der Waals surface area contributed by atoms with Gasteiger partial charge in [-0.1, -0.05) is 24.3 Å². The summed E-state index contributed by atoms with van der Waals surface area (Å²) in [5.41, 5.74) is 8.81. The summed E-state index contributed by atoms with van der Waals surface area (Å²) in [6.45, 7) is 0. The number of nitrogens with two attached hydrogens (primary N) is 1. The Bertz CT molecular complexity index is 691. The van der Waals surface area contributed by atoms with Crippen molar-refractivity contribution in [1.82, 2.24) is 0 Å². The summed E-state index contributed by atoms with van der Waals surface area (Å²) in [7, 11) is 1.61. The molecule has 0 saturated heterocycles. The molecule has 4 nitrogen and oxygen atoms in total. The highest BCUT2D eigenvalue weighted by Gasteiger charge is 2.30. The van der Waals surface area contributed by atoms with E-state index in [1.807, 2.05) is 42.5 Å². The molecule has 0 saturated carbocycles. The Hall–Kier alpha value is -2.51. The van der Waals surface area contributed by atoms with Crippen molar-refractivity contribution < 1.29 is 9.47 Å². The predicted octanol–water partition coefficient (Wildman–Crippen LogP) is 2.65. The molecule has 1 aliphatic rings. The third kappa shape index (κ3) is 1.89. The number of benzene rings is 2. The summed E-state index contributed by atoms with van der Waals surface area (Å²) in [6, 6.07) is 14.8. The zero-order valence-corrected chi connectivity index (χ0v) is 11.0. The highest BCUT2D eigenvalue weighted by Crippen LogP contribution is 2.44. The minimum atomic E-state index is -0.728. The van der Waals surface area contributed by atoms with Crippen LogP contribution in [0.4, 0.5) is 0 Å². The first kappa shape index (κ1) is 12.5. The van der Waals surface area contributed by atoms with Crippen molar-refractivity contribution in [1.29, 1.82) is 5.26 Å². The Labute approximate surface area is 117 Å². The van der Waals surface area contributed by atoms with E-state index in [2.05, 4.69) is 6.07 Å². The standard InChI is InChI=1S/C16H14N2O2/c1-19-10-6-7-11-12-4-2-3-5-15(12)20-16(13(11)8-10)14(18)9-17/h2-8,14,16H,18H2,1H3. The smallest absolute Gasteiger partial charge is 0.153 e. The fraction of sp³-hybridized carbons (Fsp3) is 0.188. The Balaban J connectivity index is 2.21. The second-order valence-corrected chi connectivity index (χ2v) is 4.64. The van der Waals surface area contributed by atoms with Crippen molar-refractivity contribution in [2.45, 2.75) is 12.1 Å². The third-order valence-electron chi connectivity index (χ3n) is 3.47. The molecule has 1 aliphatic heterocycles. The van der Waals surface area contributed by atoms with Crippen LogP contribution in [0.15, 0.2) is 42.5 Å². The van der Waals surface area contributed by atoms with E-state index in [0.29, 0.717) is 0 Å². The number of ether oxygens (including phenoxy) is 2. The molecule has 100 valence electrons. The van der Waals surface area contributed by atoms with E-state index < -0.39 is 12.1 Å². The number of para-hydroxylation sites is 1. The Morgan fingerprint density at radius 1 is 1.25 bits per heavy atom. The van der Waals surface area contributed by atoms with Crippen LogP contribution in [0.3, 0.4) is 0 Å². The van der Waals surface area contributed by atoms with Crippen molar-refractivity contribution in [2.24, 2.45) is 5.73 Å². The molecule has 2 atom stereocenters. The largest absolute Gasteiger partial charge is 0.497 e. The molecule has 0 aromatic heterocycles. The summed E-state index contributed by atoms with van der Waals surface area (Å²) < 4.78 is 11.2. The predicted molar refractivity (Wildman–Crippen MR) is 75.4 cm³/mol. The molecular weight excluding hydrogens is 252 g/mol. The second-order valence-electron chi connectivity index (χ2n) is 4.64. The van der Waals surface area contributed by atoms with Gasteiger partial charge in [0.05, 0.1) is 13.2 Å². The van der Waals surface area contributed by atoms with Gasteiger partial charge in [0.2, 0.25) is 0 Å². The van der Waals surface area contributed by atoms with Crippen LogP contribution in [-0.2, 0) is 0 Å². The first-order valence-electron chi connectivity index (χ1n) is 6.34. The van der Waals surface area contributed by atoms with Crippen LogP contribution in [0.5, 0.6) is 11.5 Å². The van der Waals surface area contributed by atoms with Crippen molar-refractivity contribution in [3.8, 4) is 28.7 Å². The zero-order chi connectivity index (χ0) is 14.1. The first-order chi connectivity index (χ1) is 9.74. The maximum Gasteiger partial charge on any atom is 0.153 e. The molecule has 0 bridgehead atoms. The number of fused-ring (bicyclic) bond motifs is 3. The normalized spacial score (nSPS) is 17.1. The molecule has 4 heteroatoms. The first-order valence-corrected chi connectivity index (χ1v) is 6.34. The molecule has 2 aromatic carbocycles. The Kier molecular flexibility index (Phi) is 3.05. The minimum Gasteiger partial charge on any atom is -0.497 e. The fourth-order valence-electron chi connectivity index (χ4n) is 2.48. The second kappa shape index (κ2) is 4.87. The van der Waals surface area contributed by atoms with Crippen LogP contribution >= 0.6 is 0 Å². The van der Waals surface area contributed by atoms with Gasteiger partial charge in [0.15, 0.2) is 6.10 Å². The number of nitrogens with zero attached hydrogens (tertiary/aromatic N) is 1. The van der Waals surface area contributed by atoms with Crippen LogP contribution in [0.25, 0.3) is 11.1 Å². The molecule has 2 aromatic rings. The van der Waals surface area contributed by atoms with Crippen LogP contribution in [0, 0.1) is 11.3 Å². The maximum atomic E-state index is 9.10. The van der Waals surface area contributed by atoms with Crippen LogP contribution in [-0.4, -0.2) is 13.2 Å². The molecule has 1 heterocycles. The van der Waals surface area contributed by atoms with Crippen molar-refractivity contribution >= 4 is 0 Å². The van der Waals surface area contributed by atoms with Crippen molar-refractivity contribution in [3.63, 3.8) is 0 Å². The topological polar surface area (TPSA) is 68.3 Å². The lowest BCUT2D eigenvalue weighted by atomic mass is 9.90. The van der Waals surface area contributed by atoms with Gasteiger partial charge in [-0.05, 0) is 23.8 Å². The van der Waals surface area contributed by atoms with Gasteiger partial charge in [-0.15, -0.1) is 0 Å². The molecule has 2 N–H and O–H groups in total. The van der Waals surface area contributed by atoms with Gasteiger partial charge >= 0.3 is 0 Å². The van der Waals surface area contributed by atoms with E-state index >= 15 is 0 Å². The van der Waals surface area contributed by atoms with Crippen LogP contribution < -0.4 is 15.2 Å². The summed E-state index contributed by atoms with van der Waals surface area (Å²) in [6.07, 6.45) is -0.486. The number of nitriles is 1. The molecule has 0 fully saturated rings. The van der Waals surface area contributed by atoms with Gasteiger partial charge < -0.3 is 15.2 Å². The highest BCUT2D eigenvalue weighted by molar-refractivity contribution is 5.76. The number of hydrogen-bond donors (Lipinski definition) is 1. The van der Waals surface area contributed by atoms with Gasteiger partial charge in [0.25, 0.3) is 0 Å². The number of methoxy groups -OCH3 is 1. The average Bonchev–Trinajstić information content (AvgIpc) is 2.52. The lowest BCUT2D eigenvalue weighted by Gasteiger charge is -2.30. The van der Waals surface area contributed by atoms with Gasteiger partial charge in [-0.2, -0.15) is 5.26 Å². The molecule has 0 aliphatic carbocycles. The molecule has 0 amide bonds. The summed E-state index contributed by atoms with van der Waals surface area (Å²) >= 11 is 0. The summed E-state index contributed by atoms with van der Waals surface area (Å²) in [5, 5.41) is 9.10.